The molecular formula is C23H30N2O3S. The first-order valence-corrected chi connectivity index (χ1v) is 11.7. The van der Waals surface area contributed by atoms with Gasteiger partial charge in [0.1, 0.15) is 0 Å². The van der Waals surface area contributed by atoms with Crippen LogP contribution >= 0.6 is 0 Å². The number of hydrogen-bond donors (Lipinski definition) is 1. The number of rotatable bonds is 6. The normalized spacial score (nSPS) is 18.9. The quantitative estimate of drug-likeness (QED) is 0.778. The van der Waals surface area contributed by atoms with Gasteiger partial charge in [-0.25, -0.2) is 8.42 Å². The Hall–Kier alpha value is -2.18. The van der Waals surface area contributed by atoms with Crippen molar-refractivity contribution in [2.75, 3.05) is 13.1 Å². The minimum Gasteiger partial charge on any atom is -0.349 e. The van der Waals surface area contributed by atoms with Crippen LogP contribution in [0.15, 0.2) is 53.4 Å². The van der Waals surface area contributed by atoms with Gasteiger partial charge < -0.3 is 5.32 Å². The number of nitrogens with zero attached hydrogens (tertiary/aromatic N) is 1. The minimum absolute atomic E-state index is 0.0666. The Balaban J connectivity index is 1.71. The van der Waals surface area contributed by atoms with Gasteiger partial charge in [0.15, 0.2) is 0 Å². The fourth-order valence-corrected chi connectivity index (χ4v) is 5.35. The Morgan fingerprint density at radius 3 is 2.52 bits per heavy atom. The van der Waals surface area contributed by atoms with Crippen LogP contribution in [0.2, 0.25) is 0 Å². The summed E-state index contributed by atoms with van der Waals surface area (Å²) in [6.45, 7) is 6.87. The molecule has 2 atom stereocenters. The van der Waals surface area contributed by atoms with Crippen molar-refractivity contribution in [2.45, 2.75) is 51.0 Å². The summed E-state index contributed by atoms with van der Waals surface area (Å²) in [5.41, 5.74) is 3.52. The fourth-order valence-electron chi connectivity index (χ4n) is 3.81. The minimum atomic E-state index is -3.57. The van der Waals surface area contributed by atoms with E-state index in [1.807, 2.05) is 6.92 Å². The maximum Gasteiger partial charge on any atom is 0.243 e. The zero-order valence-electron chi connectivity index (χ0n) is 17.4. The van der Waals surface area contributed by atoms with Crippen LogP contribution in [0.3, 0.4) is 0 Å². The Morgan fingerprint density at radius 1 is 1.14 bits per heavy atom. The van der Waals surface area contributed by atoms with Crippen LogP contribution in [0.5, 0.6) is 0 Å². The largest absolute Gasteiger partial charge is 0.349 e. The molecule has 29 heavy (non-hydrogen) atoms. The molecule has 1 N–H and O–H groups in total. The lowest BCUT2D eigenvalue weighted by molar-refractivity contribution is -0.126. The van der Waals surface area contributed by atoms with Crippen LogP contribution in [0, 0.1) is 19.8 Å². The molecule has 2 aromatic rings. The first kappa shape index (κ1) is 21.5. The van der Waals surface area contributed by atoms with Crippen LogP contribution in [0.4, 0.5) is 0 Å². The van der Waals surface area contributed by atoms with Crippen LogP contribution in [-0.4, -0.2) is 31.7 Å². The van der Waals surface area contributed by atoms with Gasteiger partial charge >= 0.3 is 0 Å². The van der Waals surface area contributed by atoms with Gasteiger partial charge in [-0.1, -0.05) is 43.3 Å². The Morgan fingerprint density at radius 2 is 1.86 bits per heavy atom. The number of aryl methyl sites for hydroxylation is 2. The van der Waals surface area contributed by atoms with E-state index in [9.17, 15) is 13.2 Å². The smallest absolute Gasteiger partial charge is 0.243 e. The molecule has 1 amide bonds. The van der Waals surface area contributed by atoms with Crippen LogP contribution in [-0.2, 0) is 14.8 Å². The van der Waals surface area contributed by atoms with Gasteiger partial charge in [-0.2, -0.15) is 4.31 Å². The molecule has 1 aliphatic heterocycles. The van der Waals surface area contributed by atoms with E-state index >= 15 is 0 Å². The highest BCUT2D eigenvalue weighted by atomic mass is 32.2. The lowest BCUT2D eigenvalue weighted by atomic mass is 9.96. The van der Waals surface area contributed by atoms with Gasteiger partial charge in [0.2, 0.25) is 15.9 Å². The molecule has 1 saturated heterocycles. The second-order valence-electron chi connectivity index (χ2n) is 7.83. The monoisotopic (exact) mass is 414 g/mol. The van der Waals surface area contributed by atoms with Crippen LogP contribution in [0.25, 0.3) is 0 Å². The summed E-state index contributed by atoms with van der Waals surface area (Å²) in [5, 5.41) is 3.15. The highest BCUT2D eigenvalue weighted by Crippen LogP contribution is 2.26. The average Bonchev–Trinajstić information content (AvgIpc) is 2.74. The second-order valence-corrected chi connectivity index (χ2v) is 9.77. The van der Waals surface area contributed by atoms with Crippen molar-refractivity contribution in [3.05, 3.63) is 65.2 Å². The predicted octanol–water partition coefficient (Wildman–Crippen LogP) is 3.97. The summed E-state index contributed by atoms with van der Waals surface area (Å²) in [6.07, 6.45) is 2.17. The zero-order chi connectivity index (χ0) is 21.0. The summed E-state index contributed by atoms with van der Waals surface area (Å²) < 4.78 is 27.3. The highest BCUT2D eigenvalue weighted by Gasteiger charge is 2.33. The molecule has 0 aliphatic carbocycles. The van der Waals surface area contributed by atoms with Crippen molar-refractivity contribution in [1.29, 1.82) is 0 Å². The van der Waals surface area contributed by atoms with E-state index in [0.29, 0.717) is 19.4 Å². The number of sulfonamides is 1. The van der Waals surface area contributed by atoms with E-state index in [-0.39, 0.29) is 29.3 Å². The van der Waals surface area contributed by atoms with Crippen molar-refractivity contribution in [1.82, 2.24) is 9.62 Å². The molecule has 0 bridgehead atoms. The number of nitrogens with one attached hydrogen (secondary N) is 1. The van der Waals surface area contributed by atoms with Gasteiger partial charge in [0.25, 0.3) is 0 Å². The van der Waals surface area contributed by atoms with Crippen molar-refractivity contribution in [3.8, 4) is 0 Å². The molecule has 1 fully saturated rings. The molecule has 0 radical (unpaired) electrons. The van der Waals surface area contributed by atoms with Crippen LogP contribution < -0.4 is 5.32 Å². The van der Waals surface area contributed by atoms with Gasteiger partial charge in [-0.3, -0.25) is 4.79 Å². The summed E-state index contributed by atoms with van der Waals surface area (Å²) in [4.78, 5) is 13.2. The van der Waals surface area contributed by atoms with Crippen molar-refractivity contribution < 1.29 is 13.2 Å². The van der Waals surface area contributed by atoms with E-state index in [0.717, 1.165) is 12.0 Å². The summed E-state index contributed by atoms with van der Waals surface area (Å²) in [7, 11) is -3.57. The number of hydrogen-bond acceptors (Lipinski definition) is 3. The molecule has 5 nitrogen and oxygen atoms in total. The summed E-state index contributed by atoms with van der Waals surface area (Å²) >= 11 is 0. The average molecular weight is 415 g/mol. The number of carbonyl (C=O) groups excluding carboxylic acids is 1. The number of carbonyl (C=O) groups is 1. The standard InChI is InChI=1S/C23H30N2O3S/c1-4-22(19-13-12-17(2)18(3)15-19)24-23(26)20-9-8-14-25(16-20)29(27,28)21-10-6-5-7-11-21/h5-7,10-13,15,20,22H,4,8-9,14,16H2,1-3H3,(H,24,26)/t20-,22+/m0/s1. The predicted molar refractivity (Wildman–Crippen MR) is 115 cm³/mol. The fraction of sp³-hybridized carbons (Fsp3) is 0.435. The third-order valence-corrected chi connectivity index (χ3v) is 7.67. The maximum absolute atomic E-state index is 13.0. The molecule has 0 saturated carbocycles. The lowest BCUT2D eigenvalue weighted by Gasteiger charge is -2.32. The van der Waals surface area contributed by atoms with Crippen molar-refractivity contribution in [2.24, 2.45) is 5.92 Å². The molecule has 0 aromatic heterocycles. The highest BCUT2D eigenvalue weighted by molar-refractivity contribution is 7.89. The van der Waals surface area contributed by atoms with Crippen molar-refractivity contribution in [3.63, 3.8) is 0 Å². The number of benzene rings is 2. The molecule has 2 aromatic carbocycles. The Kier molecular flexibility index (Phi) is 6.75. The van der Waals surface area contributed by atoms with E-state index in [2.05, 4.69) is 37.4 Å². The Labute approximate surface area is 174 Å². The molecule has 3 rings (SSSR count). The molecular weight excluding hydrogens is 384 g/mol. The summed E-state index contributed by atoms with van der Waals surface area (Å²) in [5.74, 6) is -0.397. The topological polar surface area (TPSA) is 66.5 Å². The van der Waals surface area contributed by atoms with Gasteiger partial charge in [-0.05, 0) is 61.9 Å². The van der Waals surface area contributed by atoms with Gasteiger partial charge in [0.05, 0.1) is 16.9 Å². The third kappa shape index (κ3) is 4.87. The first-order chi connectivity index (χ1) is 13.8. The molecule has 156 valence electrons. The third-order valence-electron chi connectivity index (χ3n) is 5.79. The van der Waals surface area contributed by atoms with Crippen molar-refractivity contribution >= 4 is 15.9 Å². The van der Waals surface area contributed by atoms with E-state index in [1.165, 1.54) is 15.4 Å². The van der Waals surface area contributed by atoms with E-state index in [4.69, 9.17) is 0 Å². The second kappa shape index (κ2) is 9.09. The lowest BCUT2D eigenvalue weighted by Crippen LogP contribution is -2.46. The van der Waals surface area contributed by atoms with E-state index in [1.54, 1.807) is 30.3 Å². The molecule has 1 heterocycles. The summed E-state index contributed by atoms with van der Waals surface area (Å²) in [6, 6.07) is 14.6. The number of amides is 1. The Bertz CT molecular complexity index is 957. The zero-order valence-corrected chi connectivity index (χ0v) is 18.2. The first-order valence-electron chi connectivity index (χ1n) is 10.3. The van der Waals surface area contributed by atoms with Gasteiger partial charge in [-0.15, -0.1) is 0 Å². The molecule has 6 heteroatoms. The van der Waals surface area contributed by atoms with Gasteiger partial charge in [0, 0.05) is 13.1 Å². The maximum atomic E-state index is 13.0. The number of piperidine rings is 1. The molecule has 0 unspecified atom stereocenters. The molecule has 0 spiro atoms. The van der Waals surface area contributed by atoms with Crippen LogP contribution in [0.1, 0.15) is 48.9 Å². The SMILES string of the molecule is CC[C@@H](NC(=O)[C@H]1CCCN(S(=O)(=O)c2ccccc2)C1)c1ccc(C)c(C)c1. The van der Waals surface area contributed by atoms with E-state index < -0.39 is 10.0 Å². The molecule has 1 aliphatic rings.